The number of nitrogens with zero attached hydrogens (tertiary/aromatic N) is 4. The Balaban J connectivity index is 1.64. The third-order valence-electron chi connectivity index (χ3n) is 3.34. The molecule has 0 radical (unpaired) electrons. The highest BCUT2D eigenvalue weighted by Crippen LogP contribution is 1.99. The Morgan fingerprint density at radius 3 is 2.95 bits per heavy atom. The van der Waals surface area contributed by atoms with E-state index in [4.69, 9.17) is 0 Å². The normalized spacial score (nSPS) is 17.4. The second-order valence-electron chi connectivity index (χ2n) is 4.97. The summed E-state index contributed by atoms with van der Waals surface area (Å²) < 4.78 is 0. The summed E-state index contributed by atoms with van der Waals surface area (Å²) in [6, 6.07) is 3.71. The van der Waals surface area contributed by atoms with Crippen LogP contribution in [0.5, 0.6) is 0 Å². The van der Waals surface area contributed by atoms with Crippen LogP contribution in [0.15, 0.2) is 29.6 Å². The predicted molar refractivity (Wildman–Crippen MR) is 78.5 cm³/mol. The number of carbonyl (C=O) groups is 1. The van der Waals surface area contributed by atoms with Gasteiger partial charge in [-0.2, -0.15) is 5.10 Å². The summed E-state index contributed by atoms with van der Waals surface area (Å²) >= 11 is 0. The molecule has 1 amide bonds. The van der Waals surface area contributed by atoms with E-state index >= 15 is 0 Å². The number of likely N-dealkylation sites (N-methyl/N-ethyl adjacent to an activating group) is 1. The zero-order valence-electron chi connectivity index (χ0n) is 11.8. The highest BCUT2D eigenvalue weighted by atomic mass is 16.2. The molecule has 1 aromatic heterocycles. The van der Waals surface area contributed by atoms with Crippen molar-refractivity contribution in [3.8, 4) is 0 Å². The van der Waals surface area contributed by atoms with E-state index in [1.807, 2.05) is 12.1 Å². The molecule has 0 unspecified atom stereocenters. The molecule has 1 N–H and O–H groups in total. The number of aromatic nitrogens is 1. The second kappa shape index (κ2) is 7.72. The zero-order valence-corrected chi connectivity index (χ0v) is 11.8. The maximum absolute atomic E-state index is 11.7. The van der Waals surface area contributed by atoms with Crippen LogP contribution in [0.1, 0.15) is 12.0 Å². The van der Waals surface area contributed by atoms with E-state index < -0.39 is 0 Å². The van der Waals surface area contributed by atoms with Crippen molar-refractivity contribution in [3.63, 3.8) is 0 Å². The van der Waals surface area contributed by atoms with Gasteiger partial charge < -0.3 is 9.80 Å². The molecule has 108 valence electrons. The molecule has 1 aromatic rings. The topological polar surface area (TPSA) is 60.8 Å². The first kappa shape index (κ1) is 14.6. The molecule has 0 saturated carbocycles. The lowest BCUT2D eigenvalue weighted by atomic mass is 10.3. The minimum atomic E-state index is -0.0518. The van der Waals surface area contributed by atoms with Crippen molar-refractivity contribution in [2.75, 3.05) is 39.8 Å². The smallest absolute Gasteiger partial charge is 0.241 e. The molecule has 1 aliphatic heterocycles. The highest BCUT2D eigenvalue weighted by molar-refractivity contribution is 5.81. The van der Waals surface area contributed by atoms with Gasteiger partial charge in [0.15, 0.2) is 0 Å². The van der Waals surface area contributed by atoms with Gasteiger partial charge in [-0.25, -0.2) is 5.43 Å². The molecular formula is C14H21N5O. The van der Waals surface area contributed by atoms with Crippen molar-refractivity contribution < 1.29 is 4.79 Å². The summed E-state index contributed by atoms with van der Waals surface area (Å²) in [5, 5.41) is 3.93. The average Bonchev–Trinajstić information content (AvgIpc) is 2.48. The van der Waals surface area contributed by atoms with Gasteiger partial charge in [-0.15, -0.1) is 0 Å². The monoisotopic (exact) mass is 275 g/mol. The highest BCUT2D eigenvalue weighted by Gasteiger charge is 2.14. The van der Waals surface area contributed by atoms with Crippen molar-refractivity contribution in [2.24, 2.45) is 5.10 Å². The Hall–Kier alpha value is -1.79. The number of pyridine rings is 1. The Kier molecular flexibility index (Phi) is 5.64. The van der Waals surface area contributed by atoms with E-state index in [2.05, 4.69) is 32.4 Å². The number of nitrogens with one attached hydrogen (secondary N) is 1. The average molecular weight is 275 g/mol. The summed E-state index contributed by atoms with van der Waals surface area (Å²) in [6.07, 6.45) is 5.47. The number of carbonyl (C=O) groups excluding carboxylic acids is 1. The minimum absolute atomic E-state index is 0.0518. The Morgan fingerprint density at radius 1 is 1.45 bits per heavy atom. The van der Waals surface area contributed by atoms with Gasteiger partial charge in [-0.3, -0.25) is 9.78 Å². The molecule has 0 atom stereocenters. The SMILES string of the molecule is CN1CCN(CCC(=O)NN=Cc2cccnc2)CC1. The number of hydrogen-bond donors (Lipinski definition) is 1. The molecule has 0 aliphatic carbocycles. The van der Waals surface area contributed by atoms with Crippen LogP contribution >= 0.6 is 0 Å². The van der Waals surface area contributed by atoms with Crippen LogP contribution in [-0.2, 0) is 4.79 Å². The molecule has 1 aliphatic rings. The van der Waals surface area contributed by atoms with Crippen molar-refractivity contribution in [1.82, 2.24) is 20.2 Å². The maximum Gasteiger partial charge on any atom is 0.241 e. The maximum atomic E-state index is 11.7. The fraction of sp³-hybridized carbons (Fsp3) is 0.500. The summed E-state index contributed by atoms with van der Waals surface area (Å²) in [6.45, 7) is 5.00. The molecule has 2 heterocycles. The Labute approximate surface area is 119 Å². The molecule has 2 rings (SSSR count). The number of rotatable bonds is 5. The Bertz CT molecular complexity index is 440. The van der Waals surface area contributed by atoms with E-state index in [1.54, 1.807) is 18.6 Å². The summed E-state index contributed by atoms with van der Waals surface area (Å²) in [5.74, 6) is -0.0518. The number of piperazine rings is 1. The number of amides is 1. The fourth-order valence-corrected chi connectivity index (χ4v) is 2.02. The summed E-state index contributed by atoms with van der Waals surface area (Å²) in [7, 11) is 2.12. The van der Waals surface area contributed by atoms with Crippen molar-refractivity contribution >= 4 is 12.1 Å². The van der Waals surface area contributed by atoms with Crippen LogP contribution in [-0.4, -0.2) is 66.7 Å². The molecular weight excluding hydrogens is 254 g/mol. The number of hydrazone groups is 1. The first-order chi connectivity index (χ1) is 9.74. The van der Waals surface area contributed by atoms with Gasteiger partial charge in [-0.1, -0.05) is 6.07 Å². The lowest BCUT2D eigenvalue weighted by Gasteiger charge is -2.32. The lowest BCUT2D eigenvalue weighted by Crippen LogP contribution is -2.45. The molecule has 1 saturated heterocycles. The van der Waals surface area contributed by atoms with Crippen LogP contribution in [0, 0.1) is 0 Å². The molecule has 6 nitrogen and oxygen atoms in total. The van der Waals surface area contributed by atoms with Crippen LogP contribution in [0.2, 0.25) is 0 Å². The molecule has 0 aromatic carbocycles. The largest absolute Gasteiger partial charge is 0.304 e. The zero-order chi connectivity index (χ0) is 14.2. The quantitative estimate of drug-likeness (QED) is 0.615. The fourth-order valence-electron chi connectivity index (χ4n) is 2.02. The van der Waals surface area contributed by atoms with Gasteiger partial charge in [0.1, 0.15) is 0 Å². The third kappa shape index (κ3) is 5.07. The second-order valence-corrected chi connectivity index (χ2v) is 4.97. The van der Waals surface area contributed by atoms with E-state index in [0.29, 0.717) is 6.42 Å². The van der Waals surface area contributed by atoms with Gasteiger partial charge in [-0.05, 0) is 13.1 Å². The Morgan fingerprint density at radius 2 is 2.25 bits per heavy atom. The van der Waals surface area contributed by atoms with E-state index in [-0.39, 0.29) is 5.91 Å². The van der Waals surface area contributed by atoms with Gasteiger partial charge in [0.05, 0.1) is 6.21 Å². The molecule has 1 fully saturated rings. The van der Waals surface area contributed by atoms with Crippen LogP contribution < -0.4 is 5.43 Å². The van der Waals surface area contributed by atoms with E-state index in [9.17, 15) is 4.79 Å². The molecule has 20 heavy (non-hydrogen) atoms. The van der Waals surface area contributed by atoms with E-state index in [0.717, 1.165) is 38.3 Å². The van der Waals surface area contributed by atoms with Crippen molar-refractivity contribution in [1.29, 1.82) is 0 Å². The first-order valence-corrected chi connectivity index (χ1v) is 6.87. The standard InChI is InChI=1S/C14H21N5O/c1-18-7-9-19(10-8-18)6-4-14(20)17-16-12-13-3-2-5-15-11-13/h2-3,5,11-12H,4,6-10H2,1H3,(H,17,20). The molecule has 6 heteroatoms. The van der Waals surface area contributed by atoms with Crippen LogP contribution in [0.4, 0.5) is 0 Å². The lowest BCUT2D eigenvalue weighted by molar-refractivity contribution is -0.121. The van der Waals surface area contributed by atoms with E-state index in [1.165, 1.54) is 0 Å². The first-order valence-electron chi connectivity index (χ1n) is 6.87. The minimum Gasteiger partial charge on any atom is -0.304 e. The van der Waals surface area contributed by atoms with Crippen LogP contribution in [0.3, 0.4) is 0 Å². The van der Waals surface area contributed by atoms with Crippen molar-refractivity contribution in [2.45, 2.75) is 6.42 Å². The predicted octanol–water partition coefficient (Wildman–Crippen LogP) is 0.169. The third-order valence-corrected chi connectivity index (χ3v) is 3.34. The van der Waals surface area contributed by atoms with Crippen LogP contribution in [0.25, 0.3) is 0 Å². The van der Waals surface area contributed by atoms with Gasteiger partial charge in [0.2, 0.25) is 5.91 Å². The summed E-state index contributed by atoms with van der Waals surface area (Å²) in [5.41, 5.74) is 3.41. The van der Waals surface area contributed by atoms with Crippen molar-refractivity contribution in [3.05, 3.63) is 30.1 Å². The van der Waals surface area contributed by atoms with Gasteiger partial charge in [0.25, 0.3) is 0 Å². The van der Waals surface area contributed by atoms with Gasteiger partial charge in [0, 0.05) is 57.1 Å². The number of hydrogen-bond acceptors (Lipinski definition) is 5. The molecule has 0 bridgehead atoms. The summed E-state index contributed by atoms with van der Waals surface area (Å²) in [4.78, 5) is 20.2. The van der Waals surface area contributed by atoms with Gasteiger partial charge >= 0.3 is 0 Å². The molecule has 0 spiro atoms.